The molecule has 10 nitrogen and oxygen atoms in total. The van der Waals surface area contributed by atoms with Crippen LogP contribution in [0.2, 0.25) is 0 Å². The number of rotatable bonds is 3. The molecule has 0 atom stereocenters. The third-order valence-electron chi connectivity index (χ3n) is 3.41. The Hall–Kier alpha value is -3.47. The molecular weight excluding hydrogens is 420 g/mol. The lowest BCUT2D eigenvalue weighted by Crippen LogP contribution is -2.03. The van der Waals surface area contributed by atoms with Gasteiger partial charge in [-0.15, -0.1) is 20.3 Å². The first kappa shape index (κ1) is 19.8. The number of nitrogens with zero attached hydrogens (tertiary/aromatic N) is 4. The van der Waals surface area contributed by atoms with Crippen molar-refractivity contribution in [1.29, 1.82) is 5.41 Å². The van der Waals surface area contributed by atoms with Gasteiger partial charge in [0.2, 0.25) is 11.8 Å². The smallest absolute Gasteiger partial charge is 0.291 e. The van der Waals surface area contributed by atoms with E-state index in [0.717, 1.165) is 20.9 Å². The van der Waals surface area contributed by atoms with Gasteiger partial charge in [-0.25, -0.2) is 0 Å². The molecule has 0 unspecified atom stereocenters. The van der Waals surface area contributed by atoms with Crippen molar-refractivity contribution in [3.05, 3.63) is 68.7 Å². The Kier molecular flexibility index (Phi) is 6.44. The Balaban J connectivity index is 0.000000596. The SMILES string of the molecule is N=C(N)N=Nc1c(O)n(Cc2ccccc2)c2ccc(Br)cc12.O=[N+]([O-])O. The molecule has 0 radical (unpaired) electrons. The van der Waals surface area contributed by atoms with E-state index in [9.17, 15) is 5.11 Å². The number of hydrogen-bond donors (Lipinski definition) is 4. The van der Waals surface area contributed by atoms with E-state index in [1.807, 2.05) is 48.5 Å². The van der Waals surface area contributed by atoms with Crippen LogP contribution in [0.1, 0.15) is 5.56 Å². The molecular formula is C16H15BrN6O4. The van der Waals surface area contributed by atoms with E-state index in [1.54, 1.807) is 4.57 Å². The normalized spacial score (nSPS) is 10.6. The Bertz CT molecular complexity index is 999. The minimum absolute atomic E-state index is 0.00745. The van der Waals surface area contributed by atoms with Gasteiger partial charge >= 0.3 is 0 Å². The molecule has 3 aromatic rings. The second-order valence-corrected chi connectivity index (χ2v) is 6.14. The van der Waals surface area contributed by atoms with Gasteiger partial charge in [0.05, 0.1) is 12.1 Å². The molecule has 0 aliphatic rings. The Morgan fingerprint density at radius 2 is 1.93 bits per heavy atom. The molecule has 0 aliphatic heterocycles. The third-order valence-corrected chi connectivity index (χ3v) is 3.91. The van der Waals surface area contributed by atoms with Crippen LogP contribution in [0.25, 0.3) is 10.9 Å². The highest BCUT2D eigenvalue weighted by Gasteiger charge is 2.17. The minimum atomic E-state index is -1.50. The summed E-state index contributed by atoms with van der Waals surface area (Å²) in [7, 11) is 0. The summed E-state index contributed by atoms with van der Waals surface area (Å²) < 4.78 is 2.62. The van der Waals surface area contributed by atoms with E-state index in [2.05, 4.69) is 26.2 Å². The van der Waals surface area contributed by atoms with Gasteiger partial charge in [0.1, 0.15) is 0 Å². The van der Waals surface area contributed by atoms with Gasteiger partial charge in [-0.1, -0.05) is 46.3 Å². The van der Waals surface area contributed by atoms with Gasteiger partial charge in [0.25, 0.3) is 5.09 Å². The first-order valence-corrected chi connectivity index (χ1v) is 8.22. The molecule has 0 amide bonds. The Morgan fingerprint density at radius 3 is 2.52 bits per heavy atom. The second kappa shape index (κ2) is 8.76. The molecule has 0 saturated carbocycles. The standard InChI is InChI=1S/C16H14BrN5O.HNO3/c17-11-6-7-13-12(8-11)14(20-21-16(18)19)15(23)22(13)9-10-4-2-1-3-5-10;2-1(3)4/h1-8,23H,9H2,(H3,18,19);(H,2,3,4). The number of benzene rings is 2. The van der Waals surface area contributed by atoms with E-state index < -0.39 is 11.0 Å². The third kappa shape index (κ3) is 5.25. The van der Waals surface area contributed by atoms with Crippen LogP contribution in [0, 0.1) is 15.5 Å². The van der Waals surface area contributed by atoms with Crippen molar-refractivity contribution >= 4 is 38.5 Å². The maximum atomic E-state index is 10.6. The topological polar surface area (TPSA) is 163 Å². The van der Waals surface area contributed by atoms with Crippen LogP contribution >= 0.6 is 15.9 Å². The van der Waals surface area contributed by atoms with Gasteiger partial charge in [0.15, 0.2) is 5.69 Å². The molecule has 2 aromatic carbocycles. The maximum absolute atomic E-state index is 10.6. The number of halogens is 1. The highest BCUT2D eigenvalue weighted by molar-refractivity contribution is 9.10. The zero-order valence-electron chi connectivity index (χ0n) is 13.8. The van der Waals surface area contributed by atoms with E-state index in [-0.39, 0.29) is 5.88 Å². The molecule has 0 aliphatic carbocycles. The van der Waals surface area contributed by atoms with Crippen LogP contribution in [0.5, 0.6) is 5.88 Å². The number of aromatic nitrogens is 1. The highest BCUT2D eigenvalue weighted by Crippen LogP contribution is 2.40. The first-order valence-electron chi connectivity index (χ1n) is 7.43. The predicted octanol–water partition coefficient (Wildman–Crippen LogP) is 3.79. The summed E-state index contributed by atoms with van der Waals surface area (Å²) in [5.74, 6) is -0.421. The van der Waals surface area contributed by atoms with Crippen LogP contribution in [-0.2, 0) is 6.54 Å². The lowest BCUT2D eigenvalue weighted by atomic mass is 10.2. The fourth-order valence-electron chi connectivity index (χ4n) is 2.42. The lowest BCUT2D eigenvalue weighted by molar-refractivity contribution is -0.742. The van der Waals surface area contributed by atoms with Crippen LogP contribution in [-0.4, -0.2) is 25.9 Å². The number of guanidine groups is 1. The number of fused-ring (bicyclic) bond motifs is 1. The Labute approximate surface area is 161 Å². The molecule has 3 rings (SSSR count). The summed E-state index contributed by atoms with van der Waals surface area (Å²) in [5, 5.41) is 39.6. The van der Waals surface area contributed by atoms with Crippen molar-refractivity contribution < 1.29 is 15.4 Å². The first-order chi connectivity index (χ1) is 12.8. The summed E-state index contributed by atoms with van der Waals surface area (Å²) in [6.07, 6.45) is 0. The van der Waals surface area contributed by atoms with Gasteiger partial charge in [-0.3, -0.25) is 5.41 Å². The number of nitrogens with two attached hydrogens (primary N) is 1. The number of hydrogen-bond acceptors (Lipinski definition) is 5. The summed E-state index contributed by atoms with van der Waals surface area (Å²) in [6, 6.07) is 15.5. The van der Waals surface area contributed by atoms with Gasteiger partial charge in [-0.05, 0) is 23.8 Å². The largest absolute Gasteiger partial charge is 0.493 e. The van der Waals surface area contributed by atoms with Crippen LogP contribution in [0.3, 0.4) is 0 Å². The molecule has 11 heteroatoms. The summed E-state index contributed by atoms with van der Waals surface area (Å²) in [4.78, 5) is 8.36. The fourth-order valence-corrected chi connectivity index (χ4v) is 2.79. The van der Waals surface area contributed by atoms with E-state index in [1.165, 1.54) is 0 Å². The van der Waals surface area contributed by atoms with Crippen molar-refractivity contribution in [3.63, 3.8) is 0 Å². The molecule has 0 spiro atoms. The van der Waals surface area contributed by atoms with Crippen molar-refractivity contribution in [1.82, 2.24) is 4.57 Å². The fraction of sp³-hybridized carbons (Fsp3) is 0.0625. The van der Waals surface area contributed by atoms with Crippen LogP contribution in [0.4, 0.5) is 5.69 Å². The predicted molar refractivity (Wildman–Crippen MR) is 102 cm³/mol. The minimum Gasteiger partial charge on any atom is -0.493 e. The molecule has 0 bridgehead atoms. The zero-order chi connectivity index (χ0) is 20.0. The number of aromatic hydroxyl groups is 1. The maximum Gasteiger partial charge on any atom is 0.291 e. The van der Waals surface area contributed by atoms with Crippen LogP contribution < -0.4 is 5.73 Å². The lowest BCUT2D eigenvalue weighted by Gasteiger charge is -2.07. The van der Waals surface area contributed by atoms with Gasteiger partial charge in [-0.2, -0.15) is 0 Å². The number of azo groups is 1. The second-order valence-electron chi connectivity index (χ2n) is 5.23. The highest BCUT2D eigenvalue weighted by atomic mass is 79.9. The molecule has 1 heterocycles. The van der Waals surface area contributed by atoms with E-state index in [4.69, 9.17) is 26.5 Å². The Morgan fingerprint density at radius 1 is 1.30 bits per heavy atom. The summed E-state index contributed by atoms with van der Waals surface area (Å²) in [5.41, 5.74) is 7.40. The van der Waals surface area contributed by atoms with Gasteiger partial charge < -0.3 is 20.6 Å². The molecule has 27 heavy (non-hydrogen) atoms. The summed E-state index contributed by atoms with van der Waals surface area (Å²) in [6.45, 7) is 0.500. The number of nitrogens with one attached hydrogen (secondary N) is 1. The molecule has 5 N–H and O–H groups in total. The average molecular weight is 435 g/mol. The van der Waals surface area contributed by atoms with Crippen molar-refractivity contribution in [2.75, 3.05) is 0 Å². The van der Waals surface area contributed by atoms with Crippen molar-refractivity contribution in [3.8, 4) is 5.88 Å². The zero-order valence-corrected chi connectivity index (χ0v) is 15.4. The molecule has 1 aromatic heterocycles. The van der Waals surface area contributed by atoms with E-state index >= 15 is 0 Å². The molecule has 0 fully saturated rings. The van der Waals surface area contributed by atoms with Gasteiger partial charge in [0, 0.05) is 9.86 Å². The summed E-state index contributed by atoms with van der Waals surface area (Å²) >= 11 is 3.42. The molecule has 0 saturated heterocycles. The van der Waals surface area contributed by atoms with Crippen LogP contribution in [0.15, 0.2) is 63.2 Å². The molecule has 140 valence electrons. The monoisotopic (exact) mass is 434 g/mol. The van der Waals surface area contributed by atoms with Crippen molar-refractivity contribution in [2.45, 2.75) is 6.54 Å². The van der Waals surface area contributed by atoms with Crippen molar-refractivity contribution in [2.24, 2.45) is 16.0 Å². The average Bonchev–Trinajstić information content (AvgIpc) is 2.84. The van der Waals surface area contributed by atoms with E-state index in [0.29, 0.717) is 12.2 Å². The quantitative estimate of drug-likeness (QED) is 0.161.